The molecule has 21 heavy (non-hydrogen) atoms. The Kier molecular flexibility index (Phi) is 3.97. The van der Waals surface area contributed by atoms with E-state index in [1.165, 1.54) is 5.56 Å². The smallest absolute Gasteiger partial charge is 0.128 e. The molecule has 1 atom stereocenters. The SMILES string of the molecule is CCNC1COc2cc(OCc3cccc(O)c3)ccc21. The molecule has 0 fully saturated rings. The normalized spacial score (nSPS) is 16.3. The number of benzene rings is 2. The number of fused-ring (bicyclic) bond motifs is 1. The van der Waals surface area contributed by atoms with E-state index < -0.39 is 0 Å². The van der Waals surface area contributed by atoms with Crippen LogP contribution in [0, 0.1) is 0 Å². The number of nitrogens with one attached hydrogen (secondary N) is 1. The second kappa shape index (κ2) is 6.06. The van der Waals surface area contributed by atoms with Gasteiger partial charge in [-0.05, 0) is 36.4 Å². The Labute approximate surface area is 124 Å². The second-order valence-electron chi connectivity index (χ2n) is 5.08. The molecule has 0 bridgehead atoms. The van der Waals surface area contributed by atoms with Gasteiger partial charge in [-0.1, -0.05) is 19.1 Å². The molecular formula is C17H19NO3. The van der Waals surface area contributed by atoms with Crippen LogP contribution in [-0.2, 0) is 6.61 Å². The Morgan fingerprint density at radius 3 is 3.00 bits per heavy atom. The lowest BCUT2D eigenvalue weighted by atomic mass is 10.1. The maximum Gasteiger partial charge on any atom is 0.128 e. The van der Waals surface area contributed by atoms with Gasteiger partial charge in [0.05, 0.1) is 6.04 Å². The van der Waals surface area contributed by atoms with Crippen molar-refractivity contribution in [1.82, 2.24) is 5.32 Å². The summed E-state index contributed by atoms with van der Waals surface area (Å²) >= 11 is 0. The molecule has 0 radical (unpaired) electrons. The molecule has 2 aromatic carbocycles. The minimum absolute atomic E-state index is 0.252. The van der Waals surface area contributed by atoms with Crippen LogP contribution in [0.25, 0.3) is 0 Å². The minimum atomic E-state index is 0.252. The van der Waals surface area contributed by atoms with Gasteiger partial charge in [0.2, 0.25) is 0 Å². The Balaban J connectivity index is 1.68. The average Bonchev–Trinajstić information content (AvgIpc) is 2.88. The molecule has 2 aromatic rings. The van der Waals surface area contributed by atoms with Gasteiger partial charge in [0, 0.05) is 11.6 Å². The van der Waals surface area contributed by atoms with E-state index in [0.29, 0.717) is 13.2 Å². The summed E-state index contributed by atoms with van der Waals surface area (Å²) in [5.74, 6) is 1.91. The first-order chi connectivity index (χ1) is 10.3. The van der Waals surface area contributed by atoms with E-state index in [1.54, 1.807) is 18.2 Å². The Morgan fingerprint density at radius 2 is 2.19 bits per heavy atom. The van der Waals surface area contributed by atoms with E-state index in [4.69, 9.17) is 9.47 Å². The van der Waals surface area contributed by atoms with Crippen LogP contribution in [0.5, 0.6) is 17.2 Å². The molecule has 0 aromatic heterocycles. The van der Waals surface area contributed by atoms with Crippen LogP contribution in [0.3, 0.4) is 0 Å². The monoisotopic (exact) mass is 285 g/mol. The average molecular weight is 285 g/mol. The zero-order chi connectivity index (χ0) is 14.7. The largest absolute Gasteiger partial charge is 0.508 e. The van der Waals surface area contributed by atoms with Crippen molar-refractivity contribution in [3.05, 3.63) is 53.6 Å². The lowest BCUT2D eigenvalue weighted by Gasteiger charge is -2.10. The van der Waals surface area contributed by atoms with E-state index in [-0.39, 0.29) is 11.8 Å². The number of ether oxygens (including phenoxy) is 2. The highest BCUT2D eigenvalue weighted by Gasteiger charge is 2.23. The fraction of sp³-hybridized carbons (Fsp3) is 0.294. The molecule has 4 nitrogen and oxygen atoms in total. The molecule has 1 unspecified atom stereocenters. The van der Waals surface area contributed by atoms with Crippen LogP contribution >= 0.6 is 0 Å². The van der Waals surface area contributed by atoms with Gasteiger partial charge in [-0.15, -0.1) is 0 Å². The third kappa shape index (κ3) is 3.11. The molecule has 0 saturated carbocycles. The van der Waals surface area contributed by atoms with Crippen molar-refractivity contribution in [2.24, 2.45) is 0 Å². The lowest BCUT2D eigenvalue weighted by molar-refractivity contribution is 0.297. The molecule has 0 spiro atoms. The number of phenols is 1. The molecule has 0 aliphatic carbocycles. The Hall–Kier alpha value is -2.20. The van der Waals surface area contributed by atoms with Crippen molar-refractivity contribution < 1.29 is 14.6 Å². The van der Waals surface area contributed by atoms with E-state index in [1.807, 2.05) is 24.3 Å². The van der Waals surface area contributed by atoms with Gasteiger partial charge in [-0.25, -0.2) is 0 Å². The van der Waals surface area contributed by atoms with E-state index >= 15 is 0 Å². The molecule has 1 heterocycles. The maximum atomic E-state index is 9.43. The first-order valence-electron chi connectivity index (χ1n) is 7.17. The topological polar surface area (TPSA) is 50.7 Å². The number of hydrogen-bond donors (Lipinski definition) is 2. The number of hydrogen-bond acceptors (Lipinski definition) is 4. The number of phenolic OH excluding ortho intramolecular Hbond substituents is 1. The van der Waals surface area contributed by atoms with E-state index in [0.717, 1.165) is 23.6 Å². The van der Waals surface area contributed by atoms with Crippen molar-refractivity contribution in [2.75, 3.05) is 13.2 Å². The van der Waals surface area contributed by atoms with Crippen molar-refractivity contribution in [1.29, 1.82) is 0 Å². The Bertz CT molecular complexity index is 627. The van der Waals surface area contributed by atoms with Crippen molar-refractivity contribution in [3.63, 3.8) is 0 Å². The van der Waals surface area contributed by atoms with Gasteiger partial charge in [0.15, 0.2) is 0 Å². The second-order valence-corrected chi connectivity index (χ2v) is 5.08. The summed E-state index contributed by atoms with van der Waals surface area (Å²) in [5, 5.41) is 12.8. The quantitative estimate of drug-likeness (QED) is 0.886. The van der Waals surface area contributed by atoms with Crippen LogP contribution in [0.15, 0.2) is 42.5 Å². The first kappa shape index (κ1) is 13.8. The predicted molar refractivity (Wildman–Crippen MR) is 80.8 cm³/mol. The zero-order valence-corrected chi connectivity index (χ0v) is 12.0. The van der Waals surface area contributed by atoms with Gasteiger partial charge in [-0.2, -0.15) is 0 Å². The fourth-order valence-corrected chi connectivity index (χ4v) is 2.51. The van der Waals surface area contributed by atoms with E-state index in [2.05, 4.69) is 12.2 Å². The third-order valence-corrected chi connectivity index (χ3v) is 3.53. The summed E-state index contributed by atoms with van der Waals surface area (Å²) < 4.78 is 11.4. The molecular weight excluding hydrogens is 266 g/mol. The first-order valence-corrected chi connectivity index (χ1v) is 7.17. The zero-order valence-electron chi connectivity index (χ0n) is 12.0. The molecule has 0 amide bonds. The van der Waals surface area contributed by atoms with Gasteiger partial charge in [0.1, 0.15) is 30.5 Å². The standard InChI is InChI=1S/C17H19NO3/c1-2-18-16-11-21-17-9-14(6-7-15(16)17)20-10-12-4-3-5-13(19)8-12/h3-9,16,18-19H,2,10-11H2,1H3. The molecule has 3 rings (SSSR count). The number of rotatable bonds is 5. The summed E-state index contributed by atoms with van der Waals surface area (Å²) in [6.07, 6.45) is 0. The van der Waals surface area contributed by atoms with Gasteiger partial charge >= 0.3 is 0 Å². The molecule has 1 aliphatic rings. The highest BCUT2D eigenvalue weighted by atomic mass is 16.5. The van der Waals surface area contributed by atoms with Crippen LogP contribution in [0.2, 0.25) is 0 Å². The van der Waals surface area contributed by atoms with Crippen molar-refractivity contribution in [3.8, 4) is 17.2 Å². The highest BCUT2D eigenvalue weighted by molar-refractivity contribution is 5.45. The number of aromatic hydroxyl groups is 1. The van der Waals surface area contributed by atoms with Gasteiger partial charge in [-0.3, -0.25) is 0 Å². The third-order valence-electron chi connectivity index (χ3n) is 3.53. The lowest BCUT2D eigenvalue weighted by Crippen LogP contribution is -2.21. The maximum absolute atomic E-state index is 9.43. The summed E-state index contributed by atoms with van der Waals surface area (Å²) in [5.41, 5.74) is 2.11. The summed E-state index contributed by atoms with van der Waals surface area (Å²) in [6.45, 7) is 4.09. The van der Waals surface area contributed by atoms with Crippen LogP contribution < -0.4 is 14.8 Å². The Morgan fingerprint density at radius 1 is 1.29 bits per heavy atom. The summed E-state index contributed by atoms with van der Waals surface area (Å²) in [4.78, 5) is 0. The molecule has 0 saturated heterocycles. The van der Waals surface area contributed by atoms with Crippen LogP contribution in [-0.4, -0.2) is 18.3 Å². The molecule has 4 heteroatoms. The summed E-state index contributed by atoms with van der Waals surface area (Å²) in [7, 11) is 0. The molecule has 110 valence electrons. The minimum Gasteiger partial charge on any atom is -0.508 e. The van der Waals surface area contributed by atoms with Crippen LogP contribution in [0.1, 0.15) is 24.1 Å². The van der Waals surface area contributed by atoms with Gasteiger partial charge in [0.25, 0.3) is 0 Å². The molecule has 1 aliphatic heterocycles. The number of likely N-dealkylation sites (N-methyl/N-ethyl adjacent to an activating group) is 1. The summed E-state index contributed by atoms with van der Waals surface area (Å²) in [6, 6.07) is 13.3. The molecule has 2 N–H and O–H groups in total. The highest BCUT2D eigenvalue weighted by Crippen LogP contribution is 2.35. The van der Waals surface area contributed by atoms with Crippen molar-refractivity contribution in [2.45, 2.75) is 19.6 Å². The van der Waals surface area contributed by atoms with Gasteiger partial charge < -0.3 is 19.9 Å². The predicted octanol–water partition coefficient (Wildman–Crippen LogP) is 3.01. The van der Waals surface area contributed by atoms with Crippen LogP contribution in [0.4, 0.5) is 0 Å². The fourth-order valence-electron chi connectivity index (χ4n) is 2.51. The van der Waals surface area contributed by atoms with Crippen molar-refractivity contribution >= 4 is 0 Å². The van der Waals surface area contributed by atoms with E-state index in [9.17, 15) is 5.11 Å².